The standard InChI is InChI=1S/C15H17N3O3/c1-10-8-13(21-9-12-6-4-3-5-7-12)18-15(16-10)17-11(2)14(19)20/h3-8,11H,9H2,1-2H3,(H,19,20)(H,16,17,18)/t11-/m1/s1. The van der Waals surface area contributed by atoms with E-state index in [2.05, 4.69) is 15.3 Å². The lowest BCUT2D eigenvalue weighted by molar-refractivity contribution is -0.137. The lowest BCUT2D eigenvalue weighted by atomic mass is 10.2. The predicted molar refractivity (Wildman–Crippen MR) is 78.3 cm³/mol. The molecule has 0 spiro atoms. The number of benzene rings is 1. The monoisotopic (exact) mass is 287 g/mol. The van der Waals surface area contributed by atoms with Crippen LogP contribution in [0.15, 0.2) is 36.4 Å². The molecule has 6 heteroatoms. The molecule has 21 heavy (non-hydrogen) atoms. The minimum atomic E-state index is -0.966. The number of carboxylic acid groups (broad SMARTS) is 1. The first-order valence-electron chi connectivity index (χ1n) is 6.56. The van der Waals surface area contributed by atoms with Gasteiger partial charge >= 0.3 is 5.97 Å². The Balaban J connectivity index is 2.06. The van der Waals surface area contributed by atoms with E-state index in [9.17, 15) is 4.79 Å². The van der Waals surface area contributed by atoms with Crippen LogP contribution in [0, 0.1) is 6.92 Å². The van der Waals surface area contributed by atoms with E-state index in [0.29, 0.717) is 18.2 Å². The number of nitrogens with zero attached hydrogens (tertiary/aromatic N) is 2. The SMILES string of the molecule is Cc1cc(OCc2ccccc2)nc(N[C@H](C)C(=O)O)n1. The number of aliphatic carboxylic acids is 1. The second-order valence-corrected chi connectivity index (χ2v) is 4.65. The van der Waals surface area contributed by atoms with Gasteiger partial charge in [-0.25, -0.2) is 4.98 Å². The van der Waals surface area contributed by atoms with Gasteiger partial charge in [0.1, 0.15) is 12.6 Å². The number of aryl methyl sites for hydroxylation is 1. The van der Waals surface area contributed by atoms with E-state index in [0.717, 1.165) is 5.56 Å². The molecule has 0 unspecified atom stereocenters. The van der Waals surface area contributed by atoms with E-state index < -0.39 is 12.0 Å². The predicted octanol–water partition coefficient (Wildman–Crippen LogP) is 2.25. The molecular formula is C15H17N3O3. The summed E-state index contributed by atoms with van der Waals surface area (Å²) < 4.78 is 5.62. The number of nitrogens with one attached hydrogen (secondary N) is 1. The zero-order chi connectivity index (χ0) is 15.2. The maximum Gasteiger partial charge on any atom is 0.325 e. The molecule has 1 aromatic heterocycles. The summed E-state index contributed by atoms with van der Waals surface area (Å²) in [7, 11) is 0. The zero-order valence-electron chi connectivity index (χ0n) is 11.9. The van der Waals surface area contributed by atoms with Crippen molar-refractivity contribution < 1.29 is 14.6 Å². The van der Waals surface area contributed by atoms with Gasteiger partial charge in [-0.3, -0.25) is 4.79 Å². The highest BCUT2D eigenvalue weighted by molar-refractivity contribution is 5.75. The molecule has 0 fully saturated rings. The third-order valence-corrected chi connectivity index (χ3v) is 2.78. The number of hydrogen-bond donors (Lipinski definition) is 2. The number of carbonyl (C=O) groups is 1. The Hall–Kier alpha value is -2.63. The number of hydrogen-bond acceptors (Lipinski definition) is 5. The number of rotatable bonds is 6. The number of carboxylic acids is 1. The highest BCUT2D eigenvalue weighted by Crippen LogP contribution is 2.14. The first-order valence-corrected chi connectivity index (χ1v) is 6.56. The van der Waals surface area contributed by atoms with Crippen molar-refractivity contribution in [3.8, 4) is 5.88 Å². The summed E-state index contributed by atoms with van der Waals surface area (Å²) in [4.78, 5) is 19.1. The van der Waals surface area contributed by atoms with E-state index in [1.165, 1.54) is 6.92 Å². The smallest absolute Gasteiger partial charge is 0.325 e. The molecule has 0 saturated heterocycles. The lowest BCUT2D eigenvalue weighted by Crippen LogP contribution is -2.26. The van der Waals surface area contributed by atoms with Crippen molar-refractivity contribution in [2.45, 2.75) is 26.5 Å². The summed E-state index contributed by atoms with van der Waals surface area (Å²) in [6, 6.07) is 10.7. The van der Waals surface area contributed by atoms with Crippen molar-refractivity contribution >= 4 is 11.9 Å². The van der Waals surface area contributed by atoms with Crippen molar-refractivity contribution in [2.75, 3.05) is 5.32 Å². The van der Waals surface area contributed by atoms with Crippen LogP contribution in [0.3, 0.4) is 0 Å². The molecule has 0 bridgehead atoms. The van der Waals surface area contributed by atoms with Crippen LogP contribution in [0.25, 0.3) is 0 Å². The topological polar surface area (TPSA) is 84.3 Å². The summed E-state index contributed by atoms with van der Waals surface area (Å²) in [6.45, 7) is 3.72. The van der Waals surface area contributed by atoms with Gasteiger partial charge in [0, 0.05) is 11.8 Å². The van der Waals surface area contributed by atoms with Crippen LogP contribution in [0.1, 0.15) is 18.2 Å². The zero-order valence-corrected chi connectivity index (χ0v) is 11.9. The third kappa shape index (κ3) is 4.45. The molecule has 0 aliphatic heterocycles. The largest absolute Gasteiger partial charge is 0.480 e. The number of ether oxygens (including phenoxy) is 1. The fourth-order valence-corrected chi connectivity index (χ4v) is 1.67. The summed E-state index contributed by atoms with van der Waals surface area (Å²) in [6.07, 6.45) is 0. The van der Waals surface area contributed by atoms with Crippen molar-refractivity contribution in [1.82, 2.24) is 9.97 Å². The molecule has 0 saturated carbocycles. The second-order valence-electron chi connectivity index (χ2n) is 4.65. The Bertz CT molecular complexity index is 617. The lowest BCUT2D eigenvalue weighted by Gasteiger charge is -2.11. The molecular weight excluding hydrogens is 270 g/mol. The van der Waals surface area contributed by atoms with Gasteiger partial charge in [0.2, 0.25) is 11.8 Å². The van der Waals surface area contributed by atoms with Crippen LogP contribution in [-0.4, -0.2) is 27.1 Å². The Morgan fingerprint density at radius 1 is 1.33 bits per heavy atom. The average Bonchev–Trinajstić information content (AvgIpc) is 2.45. The van der Waals surface area contributed by atoms with Crippen molar-refractivity contribution in [3.63, 3.8) is 0 Å². The van der Waals surface area contributed by atoms with E-state index in [1.54, 1.807) is 13.0 Å². The van der Waals surface area contributed by atoms with E-state index in [-0.39, 0.29) is 5.95 Å². The van der Waals surface area contributed by atoms with E-state index in [4.69, 9.17) is 9.84 Å². The van der Waals surface area contributed by atoms with Crippen LogP contribution in [-0.2, 0) is 11.4 Å². The van der Waals surface area contributed by atoms with Gasteiger partial charge in [-0.1, -0.05) is 30.3 Å². The first-order chi connectivity index (χ1) is 10.0. The molecule has 2 N–H and O–H groups in total. The van der Waals surface area contributed by atoms with Crippen LogP contribution in [0.2, 0.25) is 0 Å². The Kier molecular flexibility index (Phi) is 4.71. The van der Waals surface area contributed by atoms with Gasteiger partial charge in [-0.15, -0.1) is 0 Å². The van der Waals surface area contributed by atoms with Crippen LogP contribution < -0.4 is 10.1 Å². The molecule has 1 atom stereocenters. The van der Waals surface area contributed by atoms with Gasteiger partial charge in [-0.2, -0.15) is 4.98 Å². The molecule has 2 rings (SSSR count). The molecule has 110 valence electrons. The van der Waals surface area contributed by atoms with Gasteiger partial charge in [0.15, 0.2) is 0 Å². The summed E-state index contributed by atoms with van der Waals surface area (Å²) in [5.41, 5.74) is 1.73. The van der Waals surface area contributed by atoms with Gasteiger partial charge in [-0.05, 0) is 19.4 Å². The van der Waals surface area contributed by atoms with Crippen LogP contribution >= 0.6 is 0 Å². The molecule has 1 heterocycles. The fraction of sp³-hybridized carbons (Fsp3) is 0.267. The molecule has 2 aromatic rings. The van der Waals surface area contributed by atoms with Gasteiger partial charge < -0.3 is 15.2 Å². The minimum absolute atomic E-state index is 0.243. The van der Waals surface area contributed by atoms with E-state index >= 15 is 0 Å². The maximum absolute atomic E-state index is 10.8. The summed E-state index contributed by atoms with van der Waals surface area (Å²) >= 11 is 0. The van der Waals surface area contributed by atoms with Gasteiger partial charge in [0.05, 0.1) is 0 Å². The Labute approximate surface area is 122 Å². The third-order valence-electron chi connectivity index (χ3n) is 2.78. The Morgan fingerprint density at radius 3 is 2.71 bits per heavy atom. The molecule has 0 aliphatic rings. The maximum atomic E-state index is 10.8. The normalized spacial score (nSPS) is 11.7. The molecule has 0 aliphatic carbocycles. The van der Waals surface area contributed by atoms with Crippen molar-refractivity contribution in [3.05, 3.63) is 47.7 Å². The molecule has 0 amide bonds. The second kappa shape index (κ2) is 6.69. The van der Waals surface area contributed by atoms with E-state index in [1.807, 2.05) is 30.3 Å². The van der Waals surface area contributed by atoms with Crippen LogP contribution in [0.4, 0.5) is 5.95 Å². The highest BCUT2D eigenvalue weighted by Gasteiger charge is 2.12. The van der Waals surface area contributed by atoms with Crippen molar-refractivity contribution in [1.29, 1.82) is 0 Å². The fourth-order valence-electron chi connectivity index (χ4n) is 1.67. The highest BCUT2D eigenvalue weighted by atomic mass is 16.5. The van der Waals surface area contributed by atoms with Gasteiger partial charge in [0.25, 0.3) is 0 Å². The Morgan fingerprint density at radius 2 is 2.05 bits per heavy atom. The summed E-state index contributed by atoms with van der Waals surface area (Å²) in [5, 5.41) is 11.6. The summed E-state index contributed by atoms with van der Waals surface area (Å²) in [5.74, 6) is -0.314. The number of aromatic nitrogens is 2. The van der Waals surface area contributed by atoms with Crippen LogP contribution in [0.5, 0.6) is 5.88 Å². The number of anilines is 1. The average molecular weight is 287 g/mol. The molecule has 1 aromatic carbocycles. The minimum Gasteiger partial charge on any atom is -0.480 e. The molecule has 0 radical (unpaired) electrons. The van der Waals surface area contributed by atoms with Crippen molar-refractivity contribution in [2.24, 2.45) is 0 Å². The quantitative estimate of drug-likeness (QED) is 0.847. The first kappa shape index (κ1) is 14.8. The molecule has 6 nitrogen and oxygen atoms in total.